The maximum absolute atomic E-state index is 12.5. The van der Waals surface area contributed by atoms with Crippen molar-refractivity contribution < 1.29 is 4.79 Å². The summed E-state index contributed by atoms with van der Waals surface area (Å²) in [5.74, 6) is 1.31. The standard InChI is InChI=1S/C16H16N6OS2/c1-10-20-21-16(25-10)24-9-14(23)22-6-4-12-13(8-22)19-15(18-12)11-3-2-5-17-7-11/h2-3,5,7H,4,6,8-9H2,1H3,(H,18,19). The molecule has 0 saturated carbocycles. The van der Waals surface area contributed by atoms with E-state index in [4.69, 9.17) is 0 Å². The van der Waals surface area contributed by atoms with Crippen LogP contribution in [-0.2, 0) is 17.8 Å². The molecule has 1 aliphatic rings. The summed E-state index contributed by atoms with van der Waals surface area (Å²) < 4.78 is 0.837. The van der Waals surface area contributed by atoms with Gasteiger partial charge in [-0.2, -0.15) is 0 Å². The van der Waals surface area contributed by atoms with Gasteiger partial charge in [-0.3, -0.25) is 9.78 Å². The summed E-state index contributed by atoms with van der Waals surface area (Å²) in [6, 6.07) is 3.86. The number of nitrogens with one attached hydrogen (secondary N) is 1. The highest BCUT2D eigenvalue weighted by atomic mass is 32.2. The Bertz CT molecular complexity index is 891. The molecule has 4 rings (SSSR count). The molecule has 3 aromatic heterocycles. The van der Waals surface area contributed by atoms with E-state index in [9.17, 15) is 4.79 Å². The maximum atomic E-state index is 12.5. The Hall–Kier alpha value is -2.26. The molecule has 4 heterocycles. The molecule has 0 fully saturated rings. The summed E-state index contributed by atoms with van der Waals surface area (Å²) in [6.07, 6.45) is 4.29. The van der Waals surface area contributed by atoms with E-state index in [0.29, 0.717) is 18.8 Å². The first kappa shape index (κ1) is 16.2. The number of hydrogen-bond acceptors (Lipinski definition) is 7. The predicted octanol–water partition coefficient (Wildman–Crippen LogP) is 2.31. The minimum atomic E-state index is 0.112. The van der Waals surface area contributed by atoms with Crippen LogP contribution in [0.15, 0.2) is 28.9 Å². The van der Waals surface area contributed by atoms with E-state index >= 15 is 0 Å². The molecule has 1 aliphatic heterocycles. The van der Waals surface area contributed by atoms with Gasteiger partial charge in [0.25, 0.3) is 0 Å². The lowest BCUT2D eigenvalue weighted by molar-refractivity contribution is -0.129. The van der Waals surface area contributed by atoms with Gasteiger partial charge in [-0.25, -0.2) is 4.98 Å². The fourth-order valence-corrected chi connectivity index (χ4v) is 4.42. The van der Waals surface area contributed by atoms with Crippen molar-refractivity contribution in [2.24, 2.45) is 0 Å². The van der Waals surface area contributed by atoms with Crippen LogP contribution in [0.5, 0.6) is 0 Å². The van der Waals surface area contributed by atoms with Crippen molar-refractivity contribution in [3.63, 3.8) is 0 Å². The normalized spacial score (nSPS) is 13.7. The van der Waals surface area contributed by atoms with Gasteiger partial charge < -0.3 is 9.88 Å². The molecule has 128 valence electrons. The van der Waals surface area contributed by atoms with E-state index in [1.165, 1.54) is 23.1 Å². The van der Waals surface area contributed by atoms with Crippen LogP contribution >= 0.6 is 23.1 Å². The Morgan fingerprint density at radius 3 is 3.12 bits per heavy atom. The van der Waals surface area contributed by atoms with Crippen LogP contribution in [0, 0.1) is 6.92 Å². The van der Waals surface area contributed by atoms with Crippen molar-refractivity contribution in [2.45, 2.75) is 24.2 Å². The van der Waals surface area contributed by atoms with Crippen LogP contribution in [0.2, 0.25) is 0 Å². The van der Waals surface area contributed by atoms with Crippen LogP contribution in [-0.4, -0.2) is 48.3 Å². The lowest BCUT2D eigenvalue weighted by Crippen LogP contribution is -2.37. The number of aryl methyl sites for hydroxylation is 1. The zero-order valence-corrected chi connectivity index (χ0v) is 15.2. The molecule has 0 saturated heterocycles. The van der Waals surface area contributed by atoms with E-state index in [-0.39, 0.29) is 5.91 Å². The van der Waals surface area contributed by atoms with E-state index < -0.39 is 0 Å². The molecule has 0 unspecified atom stereocenters. The van der Waals surface area contributed by atoms with E-state index in [2.05, 4.69) is 25.1 Å². The quantitative estimate of drug-likeness (QED) is 0.707. The second kappa shape index (κ2) is 6.93. The number of nitrogens with zero attached hydrogens (tertiary/aromatic N) is 5. The summed E-state index contributed by atoms with van der Waals surface area (Å²) in [4.78, 5) is 26.5. The first-order chi connectivity index (χ1) is 12.2. The Morgan fingerprint density at radius 2 is 2.36 bits per heavy atom. The van der Waals surface area contributed by atoms with Gasteiger partial charge in [-0.1, -0.05) is 23.1 Å². The molecule has 0 bridgehead atoms. The number of fused-ring (bicyclic) bond motifs is 1. The molecular weight excluding hydrogens is 356 g/mol. The van der Waals surface area contributed by atoms with E-state index in [1.54, 1.807) is 12.4 Å². The number of carbonyl (C=O) groups is 1. The summed E-state index contributed by atoms with van der Waals surface area (Å²) in [6.45, 7) is 3.17. The van der Waals surface area contributed by atoms with Crippen LogP contribution in [0.4, 0.5) is 0 Å². The van der Waals surface area contributed by atoms with Crippen LogP contribution in [0.3, 0.4) is 0 Å². The Balaban J connectivity index is 1.42. The summed E-state index contributed by atoms with van der Waals surface area (Å²) in [7, 11) is 0. The van der Waals surface area contributed by atoms with Crippen molar-refractivity contribution in [2.75, 3.05) is 12.3 Å². The number of imidazole rings is 1. The second-order valence-corrected chi connectivity index (χ2v) is 8.10. The van der Waals surface area contributed by atoms with Gasteiger partial charge in [-0.15, -0.1) is 10.2 Å². The number of pyridine rings is 1. The SMILES string of the molecule is Cc1nnc(SCC(=O)N2CCc3nc(-c4cccnc4)[nH]c3C2)s1. The Labute approximate surface area is 152 Å². The van der Waals surface area contributed by atoms with Gasteiger partial charge >= 0.3 is 0 Å². The summed E-state index contributed by atoms with van der Waals surface area (Å²) in [5, 5.41) is 8.93. The number of carbonyl (C=O) groups excluding carboxylic acids is 1. The van der Waals surface area contributed by atoms with E-state index in [1.807, 2.05) is 24.0 Å². The zero-order valence-electron chi connectivity index (χ0n) is 13.6. The number of H-pyrrole nitrogens is 1. The molecule has 0 radical (unpaired) electrons. The Morgan fingerprint density at radius 1 is 1.44 bits per heavy atom. The third kappa shape index (κ3) is 3.57. The number of rotatable bonds is 4. The molecule has 3 aromatic rings. The number of amides is 1. The highest BCUT2D eigenvalue weighted by Crippen LogP contribution is 2.25. The monoisotopic (exact) mass is 372 g/mol. The highest BCUT2D eigenvalue weighted by Gasteiger charge is 2.24. The van der Waals surface area contributed by atoms with Gasteiger partial charge in [0.2, 0.25) is 5.91 Å². The second-order valence-electron chi connectivity index (χ2n) is 5.69. The van der Waals surface area contributed by atoms with Gasteiger partial charge in [0, 0.05) is 30.9 Å². The van der Waals surface area contributed by atoms with Crippen molar-refractivity contribution in [3.05, 3.63) is 40.9 Å². The molecule has 9 heteroatoms. The van der Waals surface area contributed by atoms with E-state index in [0.717, 1.165) is 38.5 Å². The third-order valence-electron chi connectivity index (χ3n) is 3.95. The van der Waals surface area contributed by atoms with Gasteiger partial charge in [0.15, 0.2) is 4.34 Å². The molecule has 0 aromatic carbocycles. The number of hydrogen-bond donors (Lipinski definition) is 1. The zero-order chi connectivity index (χ0) is 17.2. The largest absolute Gasteiger partial charge is 0.340 e. The predicted molar refractivity (Wildman–Crippen MR) is 96.3 cm³/mol. The van der Waals surface area contributed by atoms with Crippen molar-refractivity contribution in [1.29, 1.82) is 0 Å². The number of aromatic amines is 1. The molecule has 1 amide bonds. The smallest absolute Gasteiger partial charge is 0.233 e. The molecular formula is C16H16N6OS2. The Kier molecular flexibility index (Phi) is 4.50. The first-order valence-electron chi connectivity index (χ1n) is 7.88. The van der Waals surface area contributed by atoms with Crippen molar-refractivity contribution in [3.8, 4) is 11.4 Å². The average Bonchev–Trinajstić information content (AvgIpc) is 3.25. The lowest BCUT2D eigenvalue weighted by Gasteiger charge is -2.25. The maximum Gasteiger partial charge on any atom is 0.233 e. The number of aromatic nitrogens is 5. The molecule has 1 N–H and O–H groups in total. The van der Waals surface area contributed by atoms with Crippen LogP contribution in [0.1, 0.15) is 16.4 Å². The molecule has 0 aliphatic carbocycles. The number of thioether (sulfide) groups is 1. The summed E-state index contributed by atoms with van der Waals surface area (Å²) in [5.41, 5.74) is 3.00. The highest BCUT2D eigenvalue weighted by molar-refractivity contribution is 8.01. The molecule has 25 heavy (non-hydrogen) atoms. The van der Waals surface area contributed by atoms with Crippen LogP contribution in [0.25, 0.3) is 11.4 Å². The summed E-state index contributed by atoms with van der Waals surface area (Å²) >= 11 is 2.96. The molecule has 7 nitrogen and oxygen atoms in total. The minimum absolute atomic E-state index is 0.112. The topological polar surface area (TPSA) is 87.7 Å². The third-order valence-corrected chi connectivity index (χ3v) is 5.90. The fraction of sp³-hybridized carbons (Fsp3) is 0.312. The molecule has 0 spiro atoms. The average molecular weight is 372 g/mol. The lowest BCUT2D eigenvalue weighted by atomic mass is 10.1. The fourth-order valence-electron chi connectivity index (χ4n) is 2.70. The van der Waals surface area contributed by atoms with Crippen molar-refractivity contribution in [1.82, 2.24) is 30.0 Å². The van der Waals surface area contributed by atoms with Gasteiger partial charge in [0.1, 0.15) is 10.8 Å². The minimum Gasteiger partial charge on any atom is -0.340 e. The van der Waals surface area contributed by atoms with Crippen molar-refractivity contribution >= 4 is 29.0 Å². The van der Waals surface area contributed by atoms with Crippen LogP contribution < -0.4 is 0 Å². The molecule has 0 atom stereocenters. The van der Waals surface area contributed by atoms with Gasteiger partial charge in [-0.05, 0) is 19.1 Å². The first-order valence-corrected chi connectivity index (χ1v) is 9.68. The van der Waals surface area contributed by atoms with Gasteiger partial charge in [0.05, 0.1) is 23.7 Å².